The molecule has 0 spiro atoms. The molecule has 0 aliphatic rings. The average Bonchev–Trinajstić information content (AvgIpc) is 3.27. The van der Waals surface area contributed by atoms with Crippen LogP contribution in [0.5, 0.6) is 0 Å². The molecule has 0 N–H and O–H groups in total. The Kier molecular flexibility index (Phi) is 6.92. The summed E-state index contributed by atoms with van der Waals surface area (Å²) >= 11 is 0. The van der Waals surface area contributed by atoms with Crippen LogP contribution in [-0.2, 0) is 14.3 Å². The number of carbonyl (C=O) groups excluding carboxylic acids is 2. The van der Waals surface area contributed by atoms with Gasteiger partial charge in [-0.25, -0.2) is 4.98 Å². The summed E-state index contributed by atoms with van der Waals surface area (Å²) in [5.41, 5.74) is 2.33. The third-order valence-electron chi connectivity index (χ3n) is 4.86. The molecule has 0 saturated carbocycles. The number of esters is 1. The van der Waals surface area contributed by atoms with Crippen molar-refractivity contribution in [3.63, 3.8) is 0 Å². The molecule has 3 rings (SSSR count). The Balaban J connectivity index is 1.65. The molecular weight excluding hydrogens is 368 g/mol. The van der Waals surface area contributed by atoms with Gasteiger partial charge >= 0.3 is 5.97 Å². The van der Waals surface area contributed by atoms with E-state index >= 15 is 0 Å². The first-order valence-corrected chi connectivity index (χ1v) is 9.42. The number of Topliss-reactive ketones (excluding diaryl/α,β-unsaturated/α-hetero) is 1. The van der Waals surface area contributed by atoms with Crippen molar-refractivity contribution in [3.05, 3.63) is 90.0 Å². The number of carbonyl (C=O) groups is 2. The van der Waals surface area contributed by atoms with Gasteiger partial charge in [-0.05, 0) is 18.1 Å². The highest BCUT2D eigenvalue weighted by Crippen LogP contribution is 2.20. The second-order valence-corrected chi connectivity index (χ2v) is 6.70. The molecule has 1 aromatic heterocycles. The van der Waals surface area contributed by atoms with E-state index in [4.69, 9.17) is 9.47 Å². The predicted molar refractivity (Wildman–Crippen MR) is 109 cm³/mol. The van der Waals surface area contributed by atoms with Gasteiger partial charge in [-0.3, -0.25) is 9.59 Å². The number of aromatic nitrogens is 2. The van der Waals surface area contributed by atoms with Crippen LogP contribution in [0.4, 0.5) is 0 Å². The van der Waals surface area contributed by atoms with Gasteiger partial charge < -0.3 is 14.0 Å². The zero-order valence-corrected chi connectivity index (χ0v) is 16.5. The van der Waals surface area contributed by atoms with Crippen molar-refractivity contribution < 1.29 is 19.1 Å². The van der Waals surface area contributed by atoms with Crippen LogP contribution in [0.3, 0.4) is 0 Å². The quantitative estimate of drug-likeness (QED) is 0.411. The summed E-state index contributed by atoms with van der Waals surface area (Å²) < 4.78 is 12.3. The summed E-state index contributed by atoms with van der Waals surface area (Å²) in [4.78, 5) is 29.0. The average molecular weight is 392 g/mol. The Morgan fingerprint density at radius 3 is 2.24 bits per heavy atom. The first-order valence-electron chi connectivity index (χ1n) is 9.42. The summed E-state index contributed by atoms with van der Waals surface area (Å²) in [7, 11) is 1.34. The minimum atomic E-state index is -0.581. The van der Waals surface area contributed by atoms with Crippen LogP contribution in [0.25, 0.3) is 0 Å². The molecule has 2 atom stereocenters. The fraction of sp³-hybridized carbons (Fsp3) is 0.261. The first-order chi connectivity index (χ1) is 14.1. The highest BCUT2D eigenvalue weighted by Gasteiger charge is 2.23. The summed E-state index contributed by atoms with van der Waals surface area (Å²) in [5, 5.41) is 0. The normalized spacial score (nSPS) is 12.9. The molecule has 6 nitrogen and oxygen atoms in total. The van der Waals surface area contributed by atoms with Gasteiger partial charge in [0.2, 0.25) is 5.78 Å². The lowest BCUT2D eigenvalue weighted by Gasteiger charge is -2.17. The van der Waals surface area contributed by atoms with Crippen LogP contribution < -0.4 is 0 Å². The van der Waals surface area contributed by atoms with Gasteiger partial charge in [0.05, 0.1) is 32.3 Å². The number of rotatable bonds is 9. The van der Waals surface area contributed by atoms with E-state index in [1.165, 1.54) is 7.11 Å². The number of benzene rings is 2. The molecule has 6 heteroatoms. The standard InChI is InChI=1S/C23H24N2O4/c1-17(18-9-5-3-6-10-18)25-16-24-13-21(25)22(26)15-29-14-20(23(27)28-2)19-11-7-4-8-12-19/h3-13,16-17,20H,14-15H2,1-2H3/t17-,20?/m1/s1. The highest BCUT2D eigenvalue weighted by molar-refractivity contribution is 5.95. The van der Waals surface area contributed by atoms with E-state index in [0.29, 0.717) is 5.69 Å². The van der Waals surface area contributed by atoms with Gasteiger partial charge in [-0.1, -0.05) is 60.7 Å². The summed E-state index contributed by atoms with van der Waals surface area (Å²) in [6.07, 6.45) is 3.19. The monoisotopic (exact) mass is 392 g/mol. The SMILES string of the molecule is COC(=O)C(COCC(=O)c1cncn1[C@H](C)c1ccccc1)c1ccccc1. The fourth-order valence-electron chi connectivity index (χ4n) is 3.19. The molecule has 0 amide bonds. The summed E-state index contributed by atoms with van der Waals surface area (Å²) in [6, 6.07) is 19.1. The van der Waals surface area contributed by atoms with E-state index in [2.05, 4.69) is 4.98 Å². The van der Waals surface area contributed by atoms with Crippen LogP contribution in [0.2, 0.25) is 0 Å². The maximum Gasteiger partial charge on any atom is 0.315 e. The van der Waals surface area contributed by atoms with Gasteiger partial charge in [-0.2, -0.15) is 0 Å². The fourth-order valence-corrected chi connectivity index (χ4v) is 3.19. The third-order valence-corrected chi connectivity index (χ3v) is 4.86. The molecule has 150 valence electrons. The topological polar surface area (TPSA) is 70.4 Å². The molecular formula is C23H24N2O4. The Morgan fingerprint density at radius 1 is 1.00 bits per heavy atom. The maximum absolute atomic E-state index is 12.7. The van der Waals surface area contributed by atoms with E-state index in [0.717, 1.165) is 11.1 Å². The lowest BCUT2D eigenvalue weighted by Crippen LogP contribution is -2.23. The van der Waals surface area contributed by atoms with Crippen LogP contribution in [0, 0.1) is 0 Å². The van der Waals surface area contributed by atoms with Gasteiger partial charge in [0.1, 0.15) is 18.2 Å². The lowest BCUT2D eigenvalue weighted by molar-refractivity contribution is -0.143. The Labute approximate surface area is 170 Å². The molecule has 29 heavy (non-hydrogen) atoms. The van der Waals surface area contributed by atoms with Gasteiger partial charge in [0.15, 0.2) is 0 Å². The number of hydrogen-bond donors (Lipinski definition) is 0. The summed E-state index contributed by atoms with van der Waals surface area (Å²) in [5.74, 6) is -1.17. The van der Waals surface area contributed by atoms with Gasteiger partial charge in [0, 0.05) is 0 Å². The molecule has 1 heterocycles. The van der Waals surface area contributed by atoms with E-state index in [9.17, 15) is 9.59 Å². The smallest absolute Gasteiger partial charge is 0.315 e. The molecule has 2 aromatic carbocycles. The van der Waals surface area contributed by atoms with Crippen LogP contribution in [0.1, 0.15) is 40.5 Å². The van der Waals surface area contributed by atoms with E-state index in [1.807, 2.05) is 72.2 Å². The maximum atomic E-state index is 12.7. The zero-order valence-electron chi connectivity index (χ0n) is 16.5. The summed E-state index contributed by atoms with van der Waals surface area (Å²) in [6.45, 7) is 1.93. The van der Waals surface area contributed by atoms with Crippen molar-refractivity contribution in [3.8, 4) is 0 Å². The van der Waals surface area contributed by atoms with Crippen molar-refractivity contribution in [1.82, 2.24) is 9.55 Å². The van der Waals surface area contributed by atoms with Crippen molar-refractivity contribution in [2.75, 3.05) is 20.3 Å². The number of imidazole rings is 1. The molecule has 0 bridgehead atoms. The Hall–Kier alpha value is -3.25. The first kappa shape index (κ1) is 20.5. The van der Waals surface area contributed by atoms with Crippen molar-refractivity contribution >= 4 is 11.8 Å². The highest BCUT2D eigenvalue weighted by atomic mass is 16.5. The Morgan fingerprint density at radius 2 is 1.62 bits per heavy atom. The number of hydrogen-bond acceptors (Lipinski definition) is 5. The third kappa shape index (κ3) is 4.97. The van der Waals surface area contributed by atoms with E-state index < -0.39 is 11.9 Å². The van der Waals surface area contributed by atoms with E-state index in [1.54, 1.807) is 12.5 Å². The molecule has 0 saturated heterocycles. The minimum absolute atomic E-state index is 0.0372. The van der Waals surface area contributed by atoms with Crippen molar-refractivity contribution in [1.29, 1.82) is 0 Å². The molecule has 0 aliphatic carbocycles. The van der Waals surface area contributed by atoms with Gasteiger partial charge in [0.25, 0.3) is 0 Å². The van der Waals surface area contributed by atoms with Gasteiger partial charge in [-0.15, -0.1) is 0 Å². The number of ether oxygens (including phenoxy) is 2. The van der Waals surface area contributed by atoms with E-state index in [-0.39, 0.29) is 25.0 Å². The number of nitrogens with zero attached hydrogens (tertiary/aromatic N) is 2. The molecule has 0 aliphatic heterocycles. The van der Waals surface area contributed by atoms with Crippen LogP contribution >= 0.6 is 0 Å². The zero-order chi connectivity index (χ0) is 20.6. The lowest BCUT2D eigenvalue weighted by atomic mass is 10.0. The number of ketones is 1. The Bertz CT molecular complexity index is 938. The van der Waals surface area contributed by atoms with Crippen LogP contribution in [-0.4, -0.2) is 41.6 Å². The largest absolute Gasteiger partial charge is 0.468 e. The van der Waals surface area contributed by atoms with Crippen molar-refractivity contribution in [2.24, 2.45) is 0 Å². The predicted octanol–water partition coefficient (Wildman–Crippen LogP) is 3.65. The minimum Gasteiger partial charge on any atom is -0.468 e. The second-order valence-electron chi connectivity index (χ2n) is 6.70. The molecule has 0 radical (unpaired) electrons. The molecule has 1 unspecified atom stereocenters. The molecule has 0 fully saturated rings. The second kappa shape index (κ2) is 9.80. The molecule has 3 aromatic rings. The van der Waals surface area contributed by atoms with Crippen molar-refractivity contribution in [2.45, 2.75) is 18.9 Å². The number of methoxy groups -OCH3 is 1. The van der Waals surface area contributed by atoms with Crippen LogP contribution in [0.15, 0.2) is 73.2 Å².